The Hall–Kier alpha value is -0.510. The van der Waals surface area contributed by atoms with E-state index >= 15 is 0 Å². The van der Waals surface area contributed by atoms with E-state index in [4.69, 9.17) is 0 Å². The third kappa shape index (κ3) is 1.80. The predicted molar refractivity (Wildman–Crippen MR) is 46.8 cm³/mol. The standard InChI is InChI=1S/C8H12O3S/c1-3-4-12-8(10)6-5(2)11-7(6)9/h5-6H,3-4H2,1-2H3/t5-,6-/m0/s1. The fourth-order valence-corrected chi connectivity index (χ4v) is 1.90. The number of hydrogen-bond donors (Lipinski definition) is 0. The van der Waals surface area contributed by atoms with Crippen LogP contribution in [0.4, 0.5) is 0 Å². The number of carbonyl (C=O) groups is 2. The van der Waals surface area contributed by atoms with Gasteiger partial charge in [0.1, 0.15) is 6.10 Å². The van der Waals surface area contributed by atoms with Crippen LogP contribution >= 0.6 is 11.8 Å². The Labute approximate surface area is 75.8 Å². The molecule has 12 heavy (non-hydrogen) atoms. The number of cyclic esters (lactones) is 1. The fourth-order valence-electron chi connectivity index (χ4n) is 1.02. The van der Waals surface area contributed by atoms with Crippen molar-refractivity contribution in [2.45, 2.75) is 26.4 Å². The summed E-state index contributed by atoms with van der Waals surface area (Å²) in [4.78, 5) is 22.1. The summed E-state index contributed by atoms with van der Waals surface area (Å²) in [6.45, 7) is 3.75. The number of carbonyl (C=O) groups excluding carboxylic acids is 2. The minimum Gasteiger partial charge on any atom is -0.461 e. The fraction of sp³-hybridized carbons (Fsp3) is 0.750. The normalized spacial score (nSPS) is 27.7. The molecule has 1 fully saturated rings. The van der Waals surface area contributed by atoms with Crippen molar-refractivity contribution in [2.24, 2.45) is 5.92 Å². The number of rotatable bonds is 3. The van der Waals surface area contributed by atoms with E-state index in [0.29, 0.717) is 0 Å². The molecule has 2 atom stereocenters. The summed E-state index contributed by atoms with van der Waals surface area (Å²) in [7, 11) is 0. The number of hydrogen-bond acceptors (Lipinski definition) is 4. The van der Waals surface area contributed by atoms with Crippen molar-refractivity contribution < 1.29 is 14.3 Å². The zero-order valence-electron chi connectivity index (χ0n) is 7.20. The van der Waals surface area contributed by atoms with Gasteiger partial charge in [0.25, 0.3) is 0 Å². The Balaban J connectivity index is 2.36. The highest BCUT2D eigenvalue weighted by atomic mass is 32.2. The van der Waals surface area contributed by atoms with Crippen LogP contribution in [0.15, 0.2) is 0 Å². The summed E-state index contributed by atoms with van der Waals surface area (Å²) in [5.41, 5.74) is 0. The third-order valence-corrected chi connectivity index (χ3v) is 2.88. The van der Waals surface area contributed by atoms with Gasteiger partial charge in [-0.2, -0.15) is 0 Å². The topological polar surface area (TPSA) is 43.4 Å². The van der Waals surface area contributed by atoms with Crippen LogP contribution in [0.3, 0.4) is 0 Å². The van der Waals surface area contributed by atoms with Crippen LogP contribution in [0.1, 0.15) is 20.3 Å². The molecule has 1 saturated heterocycles. The molecule has 1 aliphatic heterocycles. The highest BCUT2D eigenvalue weighted by Crippen LogP contribution is 2.27. The lowest BCUT2D eigenvalue weighted by molar-refractivity contribution is -0.181. The summed E-state index contributed by atoms with van der Waals surface area (Å²) >= 11 is 1.23. The molecule has 3 nitrogen and oxygen atoms in total. The first-order valence-electron chi connectivity index (χ1n) is 4.04. The molecule has 0 spiro atoms. The van der Waals surface area contributed by atoms with E-state index in [1.165, 1.54) is 11.8 Å². The van der Waals surface area contributed by atoms with Crippen LogP contribution in [0, 0.1) is 5.92 Å². The second-order valence-corrected chi connectivity index (χ2v) is 3.89. The largest absolute Gasteiger partial charge is 0.461 e. The van der Waals surface area contributed by atoms with Crippen LogP contribution in [0.2, 0.25) is 0 Å². The highest BCUT2D eigenvalue weighted by molar-refractivity contribution is 8.13. The number of thioether (sulfide) groups is 1. The van der Waals surface area contributed by atoms with E-state index in [2.05, 4.69) is 4.74 Å². The van der Waals surface area contributed by atoms with Crippen LogP contribution in [0.25, 0.3) is 0 Å². The molecule has 4 heteroatoms. The maximum Gasteiger partial charge on any atom is 0.321 e. The van der Waals surface area contributed by atoms with Gasteiger partial charge in [0.15, 0.2) is 5.92 Å². The smallest absolute Gasteiger partial charge is 0.321 e. The zero-order valence-corrected chi connectivity index (χ0v) is 8.02. The highest BCUT2D eigenvalue weighted by Gasteiger charge is 2.44. The zero-order chi connectivity index (χ0) is 9.14. The summed E-state index contributed by atoms with van der Waals surface area (Å²) in [5, 5.41) is -0.0411. The van der Waals surface area contributed by atoms with Gasteiger partial charge in [-0.3, -0.25) is 9.59 Å². The lowest BCUT2D eigenvalue weighted by Crippen LogP contribution is -2.47. The Kier molecular flexibility index (Phi) is 3.14. The Morgan fingerprint density at radius 1 is 1.67 bits per heavy atom. The number of ether oxygens (including phenoxy) is 1. The second-order valence-electron chi connectivity index (χ2n) is 2.79. The van der Waals surface area contributed by atoms with Gasteiger partial charge in [-0.05, 0) is 13.3 Å². The molecule has 0 bridgehead atoms. The molecule has 0 aliphatic carbocycles. The van der Waals surface area contributed by atoms with Gasteiger partial charge in [0.2, 0.25) is 5.12 Å². The van der Waals surface area contributed by atoms with E-state index < -0.39 is 5.92 Å². The minimum atomic E-state index is -0.499. The molecule has 0 unspecified atom stereocenters. The van der Waals surface area contributed by atoms with Gasteiger partial charge in [0.05, 0.1) is 0 Å². The maximum atomic E-state index is 11.3. The van der Waals surface area contributed by atoms with E-state index in [1.807, 2.05) is 6.92 Å². The molecule has 0 amide bonds. The van der Waals surface area contributed by atoms with Crippen molar-refractivity contribution in [1.82, 2.24) is 0 Å². The first-order chi connectivity index (χ1) is 5.66. The Morgan fingerprint density at radius 3 is 2.75 bits per heavy atom. The van der Waals surface area contributed by atoms with Gasteiger partial charge in [-0.1, -0.05) is 18.7 Å². The van der Waals surface area contributed by atoms with Gasteiger partial charge in [0, 0.05) is 5.75 Å². The molecular weight excluding hydrogens is 176 g/mol. The Bertz CT molecular complexity index is 202. The van der Waals surface area contributed by atoms with Gasteiger partial charge in [-0.25, -0.2) is 0 Å². The molecule has 0 saturated carbocycles. The van der Waals surface area contributed by atoms with Crippen molar-refractivity contribution in [1.29, 1.82) is 0 Å². The molecule has 1 rings (SSSR count). The molecule has 1 heterocycles. The summed E-state index contributed by atoms with van der Waals surface area (Å²) in [5.74, 6) is -0.0762. The predicted octanol–water partition coefficient (Wildman–Crippen LogP) is 1.22. The van der Waals surface area contributed by atoms with E-state index in [0.717, 1.165) is 12.2 Å². The van der Waals surface area contributed by atoms with Crippen molar-refractivity contribution in [2.75, 3.05) is 5.75 Å². The summed E-state index contributed by atoms with van der Waals surface area (Å²) < 4.78 is 4.68. The SMILES string of the molecule is CCCSC(=O)[C@@H]1C(=O)O[C@H]1C. The van der Waals surface area contributed by atoms with E-state index in [9.17, 15) is 9.59 Å². The summed E-state index contributed by atoms with van der Waals surface area (Å²) in [6.07, 6.45) is 0.737. The Morgan fingerprint density at radius 2 is 2.33 bits per heavy atom. The molecule has 0 radical (unpaired) electrons. The lowest BCUT2D eigenvalue weighted by atomic mass is 10.0. The lowest BCUT2D eigenvalue weighted by Gasteiger charge is -2.30. The van der Waals surface area contributed by atoms with Gasteiger partial charge < -0.3 is 4.74 Å². The van der Waals surface area contributed by atoms with Crippen LogP contribution in [-0.4, -0.2) is 22.9 Å². The third-order valence-electron chi connectivity index (χ3n) is 1.73. The average molecular weight is 188 g/mol. The number of esters is 1. The van der Waals surface area contributed by atoms with Crippen molar-refractivity contribution >= 4 is 22.8 Å². The van der Waals surface area contributed by atoms with Gasteiger partial charge in [-0.15, -0.1) is 0 Å². The van der Waals surface area contributed by atoms with Crippen LogP contribution in [-0.2, 0) is 14.3 Å². The average Bonchev–Trinajstić information content (AvgIpc) is 2.00. The van der Waals surface area contributed by atoms with E-state index in [-0.39, 0.29) is 17.2 Å². The molecule has 1 aliphatic rings. The molecule has 0 N–H and O–H groups in total. The molecule has 0 aromatic rings. The molecule has 68 valence electrons. The van der Waals surface area contributed by atoms with Gasteiger partial charge >= 0.3 is 5.97 Å². The molecular formula is C8H12O3S. The quantitative estimate of drug-likeness (QED) is 0.493. The maximum absolute atomic E-state index is 11.3. The monoisotopic (exact) mass is 188 g/mol. The second kappa shape index (κ2) is 3.94. The molecule has 0 aromatic heterocycles. The minimum absolute atomic E-state index is 0.0411. The first kappa shape index (κ1) is 9.58. The van der Waals surface area contributed by atoms with Crippen molar-refractivity contribution in [3.8, 4) is 0 Å². The van der Waals surface area contributed by atoms with E-state index in [1.54, 1.807) is 6.92 Å². The van der Waals surface area contributed by atoms with Crippen molar-refractivity contribution in [3.05, 3.63) is 0 Å². The van der Waals surface area contributed by atoms with Crippen molar-refractivity contribution in [3.63, 3.8) is 0 Å². The summed E-state index contributed by atoms with van der Waals surface area (Å²) in [6, 6.07) is 0. The first-order valence-corrected chi connectivity index (χ1v) is 5.02. The molecule has 0 aromatic carbocycles. The van der Waals surface area contributed by atoms with Crippen LogP contribution < -0.4 is 0 Å². The van der Waals surface area contributed by atoms with Crippen LogP contribution in [0.5, 0.6) is 0 Å².